The molecule has 7 heteroatoms. The van der Waals surface area contributed by atoms with Crippen molar-refractivity contribution in [1.82, 2.24) is 20.1 Å². The maximum absolute atomic E-state index is 12.8. The monoisotopic (exact) mass is 388 g/mol. The summed E-state index contributed by atoms with van der Waals surface area (Å²) < 4.78 is 0. The lowest BCUT2D eigenvalue weighted by atomic mass is 10.0. The third-order valence-corrected chi connectivity index (χ3v) is 5.37. The lowest BCUT2D eigenvalue weighted by molar-refractivity contribution is 0.0773. The fraction of sp³-hybridized carbons (Fsp3) is 0.400. The van der Waals surface area contributed by atoms with E-state index in [0.717, 1.165) is 45.7 Å². The van der Waals surface area contributed by atoms with Crippen LogP contribution in [0.5, 0.6) is 0 Å². The number of nitrogens with one attached hydrogen (secondary N) is 2. The van der Waals surface area contributed by atoms with Gasteiger partial charge in [0, 0.05) is 74.4 Å². The van der Waals surface area contributed by atoms with Gasteiger partial charge in [-0.15, -0.1) is 12.4 Å². The van der Waals surface area contributed by atoms with E-state index in [1.54, 1.807) is 42.7 Å². The van der Waals surface area contributed by atoms with Crippen LogP contribution < -0.4 is 5.32 Å². The summed E-state index contributed by atoms with van der Waals surface area (Å²) >= 11 is 0. The molecule has 27 heavy (non-hydrogen) atoms. The molecule has 0 saturated carbocycles. The summed E-state index contributed by atoms with van der Waals surface area (Å²) in [5.41, 5.74) is 1.88. The third-order valence-electron chi connectivity index (χ3n) is 5.37. The van der Waals surface area contributed by atoms with Crippen molar-refractivity contribution in [2.45, 2.75) is 12.5 Å². The number of aromatic amines is 1. The van der Waals surface area contributed by atoms with Gasteiger partial charge in [-0.05, 0) is 24.6 Å². The molecule has 3 heterocycles. The standard InChI is InChI=1S/C20H24N4O2.ClH/c25-19(17-5-7-22-13-17)15-1-3-16(4-2-15)20(26)24-10-6-18(14-24)23-11-8-21-9-12-23;/h1-5,7,13,18,21-22H,6,8-12,14H2;1H. The molecule has 0 radical (unpaired) electrons. The number of hydrogen-bond donors (Lipinski definition) is 2. The first-order valence-electron chi connectivity index (χ1n) is 9.24. The summed E-state index contributed by atoms with van der Waals surface area (Å²) in [7, 11) is 0. The molecule has 1 amide bonds. The van der Waals surface area contributed by atoms with Crippen LogP contribution >= 0.6 is 12.4 Å². The van der Waals surface area contributed by atoms with Crippen molar-refractivity contribution >= 4 is 24.1 Å². The van der Waals surface area contributed by atoms with E-state index in [9.17, 15) is 9.59 Å². The number of rotatable bonds is 4. The predicted molar refractivity (Wildman–Crippen MR) is 107 cm³/mol. The summed E-state index contributed by atoms with van der Waals surface area (Å²) in [6.45, 7) is 5.77. The Balaban J connectivity index is 0.00000210. The maximum Gasteiger partial charge on any atom is 0.253 e. The molecular weight excluding hydrogens is 364 g/mol. The first-order valence-corrected chi connectivity index (χ1v) is 9.24. The molecule has 2 fully saturated rings. The molecular formula is C20H25ClN4O2. The molecule has 1 aromatic carbocycles. The Hall–Kier alpha value is -2.15. The average molecular weight is 389 g/mol. The third kappa shape index (κ3) is 4.24. The molecule has 2 N–H and O–H groups in total. The van der Waals surface area contributed by atoms with Gasteiger partial charge in [0.25, 0.3) is 5.91 Å². The van der Waals surface area contributed by atoms with Crippen LogP contribution in [0.2, 0.25) is 0 Å². The minimum absolute atomic E-state index is 0. The highest BCUT2D eigenvalue weighted by atomic mass is 35.5. The fourth-order valence-corrected chi connectivity index (χ4v) is 3.85. The van der Waals surface area contributed by atoms with Crippen LogP contribution in [0.4, 0.5) is 0 Å². The molecule has 2 aromatic rings. The largest absolute Gasteiger partial charge is 0.367 e. The van der Waals surface area contributed by atoms with Crippen LogP contribution in [0.3, 0.4) is 0 Å². The molecule has 0 bridgehead atoms. The van der Waals surface area contributed by atoms with Gasteiger partial charge in [-0.1, -0.05) is 12.1 Å². The van der Waals surface area contributed by atoms with Gasteiger partial charge in [-0.2, -0.15) is 0 Å². The number of amides is 1. The van der Waals surface area contributed by atoms with Crippen LogP contribution in [0.1, 0.15) is 32.7 Å². The lowest BCUT2D eigenvalue weighted by Gasteiger charge is -2.32. The first-order chi connectivity index (χ1) is 12.7. The minimum Gasteiger partial charge on any atom is -0.367 e. The zero-order chi connectivity index (χ0) is 17.9. The predicted octanol–water partition coefficient (Wildman–Crippen LogP) is 1.79. The molecule has 2 aliphatic rings. The van der Waals surface area contributed by atoms with Gasteiger partial charge in [-0.3, -0.25) is 14.5 Å². The number of H-pyrrole nitrogens is 1. The zero-order valence-electron chi connectivity index (χ0n) is 15.2. The minimum atomic E-state index is -0.0369. The first kappa shape index (κ1) is 19.6. The van der Waals surface area contributed by atoms with Crippen molar-refractivity contribution in [3.8, 4) is 0 Å². The van der Waals surface area contributed by atoms with Crippen LogP contribution in [-0.2, 0) is 0 Å². The summed E-state index contributed by atoms with van der Waals surface area (Å²) in [5, 5.41) is 3.37. The van der Waals surface area contributed by atoms with E-state index in [-0.39, 0.29) is 24.1 Å². The van der Waals surface area contributed by atoms with E-state index in [0.29, 0.717) is 22.7 Å². The van der Waals surface area contributed by atoms with Crippen LogP contribution in [0.25, 0.3) is 0 Å². The van der Waals surface area contributed by atoms with E-state index >= 15 is 0 Å². The number of ketones is 1. The molecule has 1 aromatic heterocycles. The highest BCUT2D eigenvalue weighted by Crippen LogP contribution is 2.19. The summed E-state index contributed by atoms with van der Waals surface area (Å²) in [6.07, 6.45) is 4.45. The second-order valence-corrected chi connectivity index (χ2v) is 6.99. The summed E-state index contributed by atoms with van der Waals surface area (Å²) in [5.74, 6) is 0.0217. The molecule has 0 spiro atoms. The number of nitrogens with zero attached hydrogens (tertiary/aromatic N) is 2. The van der Waals surface area contributed by atoms with E-state index in [1.807, 2.05) is 4.90 Å². The van der Waals surface area contributed by atoms with Crippen molar-refractivity contribution < 1.29 is 9.59 Å². The number of carbonyl (C=O) groups is 2. The molecule has 2 aliphatic heterocycles. The number of carbonyl (C=O) groups excluding carboxylic acids is 2. The molecule has 2 saturated heterocycles. The maximum atomic E-state index is 12.8. The van der Waals surface area contributed by atoms with Crippen molar-refractivity contribution in [1.29, 1.82) is 0 Å². The number of aromatic nitrogens is 1. The van der Waals surface area contributed by atoms with Gasteiger partial charge in [-0.25, -0.2) is 0 Å². The zero-order valence-corrected chi connectivity index (χ0v) is 16.0. The van der Waals surface area contributed by atoms with Gasteiger partial charge in [0.15, 0.2) is 5.78 Å². The second-order valence-electron chi connectivity index (χ2n) is 6.99. The summed E-state index contributed by atoms with van der Waals surface area (Å²) in [4.78, 5) is 32.4. The van der Waals surface area contributed by atoms with Crippen molar-refractivity contribution in [2.75, 3.05) is 39.3 Å². The smallest absolute Gasteiger partial charge is 0.253 e. The van der Waals surface area contributed by atoms with E-state index in [2.05, 4.69) is 15.2 Å². The Morgan fingerprint density at radius 2 is 1.63 bits per heavy atom. The van der Waals surface area contributed by atoms with Gasteiger partial charge < -0.3 is 15.2 Å². The van der Waals surface area contributed by atoms with Crippen LogP contribution in [-0.4, -0.2) is 71.8 Å². The molecule has 1 unspecified atom stereocenters. The lowest BCUT2D eigenvalue weighted by Crippen LogP contribution is -2.49. The second kappa shape index (κ2) is 8.69. The van der Waals surface area contributed by atoms with Crippen molar-refractivity contribution in [2.24, 2.45) is 0 Å². The highest BCUT2D eigenvalue weighted by molar-refractivity contribution is 6.09. The number of benzene rings is 1. The van der Waals surface area contributed by atoms with E-state index in [1.165, 1.54) is 0 Å². The van der Waals surface area contributed by atoms with E-state index in [4.69, 9.17) is 0 Å². The normalized spacial score (nSPS) is 20.3. The van der Waals surface area contributed by atoms with Crippen LogP contribution in [0.15, 0.2) is 42.7 Å². The fourth-order valence-electron chi connectivity index (χ4n) is 3.85. The Kier molecular flexibility index (Phi) is 6.31. The Morgan fingerprint density at radius 3 is 2.30 bits per heavy atom. The van der Waals surface area contributed by atoms with Crippen molar-refractivity contribution in [3.05, 3.63) is 59.4 Å². The Bertz CT molecular complexity index is 770. The number of piperazine rings is 1. The Morgan fingerprint density at radius 1 is 0.926 bits per heavy atom. The van der Waals surface area contributed by atoms with Gasteiger partial charge in [0.1, 0.15) is 0 Å². The quantitative estimate of drug-likeness (QED) is 0.783. The molecule has 1 atom stereocenters. The molecule has 6 nitrogen and oxygen atoms in total. The number of likely N-dealkylation sites (tertiary alicyclic amines) is 1. The summed E-state index contributed by atoms with van der Waals surface area (Å²) in [6, 6.07) is 9.23. The number of halogens is 1. The van der Waals surface area contributed by atoms with Gasteiger partial charge >= 0.3 is 0 Å². The van der Waals surface area contributed by atoms with Crippen molar-refractivity contribution in [3.63, 3.8) is 0 Å². The average Bonchev–Trinajstić information content (AvgIpc) is 3.40. The molecule has 0 aliphatic carbocycles. The van der Waals surface area contributed by atoms with Crippen LogP contribution in [0, 0.1) is 0 Å². The van der Waals surface area contributed by atoms with E-state index < -0.39 is 0 Å². The topological polar surface area (TPSA) is 68.4 Å². The number of hydrogen-bond acceptors (Lipinski definition) is 4. The molecule has 4 rings (SSSR count). The highest BCUT2D eigenvalue weighted by Gasteiger charge is 2.31. The van der Waals surface area contributed by atoms with Gasteiger partial charge in [0.05, 0.1) is 0 Å². The Labute approximate surface area is 165 Å². The SMILES string of the molecule is Cl.O=C(c1ccc(C(=O)N2CCC(N3CCNCC3)C2)cc1)c1cc[nH]c1. The van der Waals surface area contributed by atoms with Gasteiger partial charge in [0.2, 0.25) is 0 Å². The molecule has 144 valence electrons.